The van der Waals surface area contributed by atoms with Crippen LogP contribution in [0, 0.1) is 121 Å². The normalized spacial score (nSPS) is 28.5. The predicted octanol–water partition coefficient (Wildman–Crippen LogP) is 10.8. The van der Waals surface area contributed by atoms with Crippen LogP contribution in [0.1, 0.15) is 99.3 Å². The van der Waals surface area contributed by atoms with E-state index >= 15 is 0 Å². The van der Waals surface area contributed by atoms with Crippen molar-refractivity contribution in [1.29, 1.82) is 0 Å². The van der Waals surface area contributed by atoms with Crippen LogP contribution in [0.5, 0.6) is 46.0 Å². The molecular weight excluding hydrogens is 945 g/mol. The zero-order chi connectivity index (χ0) is 53.0. The summed E-state index contributed by atoms with van der Waals surface area (Å²) in [5.74, 6) is 27.5. The maximum atomic E-state index is 6.69. The molecule has 0 heterocycles. The van der Waals surface area contributed by atoms with Crippen molar-refractivity contribution in [2.45, 2.75) is 98.7 Å². The van der Waals surface area contributed by atoms with Crippen LogP contribution in [0.3, 0.4) is 0 Å². The minimum absolute atomic E-state index is 0.0575. The number of hydrogen-bond acceptors (Lipinski definition) is 8. The third-order valence-corrected chi connectivity index (χ3v) is 17.9. The van der Waals surface area contributed by atoms with Crippen LogP contribution >= 0.6 is 0 Å². The van der Waals surface area contributed by atoms with E-state index in [1.807, 2.05) is 48.5 Å². The van der Waals surface area contributed by atoms with Crippen molar-refractivity contribution >= 4 is 0 Å². The van der Waals surface area contributed by atoms with Gasteiger partial charge in [0.15, 0.2) is 0 Å². The molecule has 4 aromatic carbocycles. The highest BCUT2D eigenvalue weighted by molar-refractivity contribution is 5.58. The first-order valence-electron chi connectivity index (χ1n) is 26.1. The van der Waals surface area contributed by atoms with Gasteiger partial charge in [-0.05, 0) is 124 Å². The quantitative estimate of drug-likeness (QED) is 0.0765. The van der Waals surface area contributed by atoms with Crippen LogP contribution < -0.4 is 37.9 Å². The Morgan fingerprint density at radius 2 is 0.579 bits per heavy atom. The predicted molar refractivity (Wildman–Crippen MR) is 294 cm³/mol. The van der Waals surface area contributed by atoms with Gasteiger partial charge in [0.2, 0.25) is 0 Å². The Balaban J connectivity index is 1.25. The fourth-order valence-corrected chi connectivity index (χ4v) is 16.8. The standard InChI is InChI=1S/C68H62O8/c1-9-25-69-51-17-21-55(59(34-51)73-29-13-5)63-38-49-33-50(39-63)41-67(40-49,45-63)68-46-64(56-22-18-52(70-26-10-2)35-60(56)74-30-14-6)42-65(47-68,57-23-19-53(71-27-11-3)36-61(57)75-31-15-7)44-66(43-64,48-68)58-24-20-54(72-28-12-4)37-62(58)76-32-16-8/h1-8,17-24,34-37,49-50H,25-33,38-48H2. The molecule has 0 radical (unpaired) electrons. The van der Waals surface area contributed by atoms with E-state index < -0.39 is 16.2 Å². The van der Waals surface area contributed by atoms with Crippen molar-refractivity contribution in [3.8, 4) is 145 Å². The average molecular weight is 1010 g/mol. The van der Waals surface area contributed by atoms with Gasteiger partial charge in [-0.25, -0.2) is 0 Å². The first-order chi connectivity index (χ1) is 37.0. The van der Waals surface area contributed by atoms with E-state index in [9.17, 15) is 0 Å². The van der Waals surface area contributed by atoms with Crippen LogP contribution in [-0.4, -0.2) is 52.9 Å². The lowest BCUT2D eigenvalue weighted by atomic mass is 9.25. The molecule has 2 unspecified atom stereocenters. The van der Waals surface area contributed by atoms with Gasteiger partial charge in [0.1, 0.15) is 98.9 Å². The second-order valence-corrected chi connectivity index (χ2v) is 22.3. The van der Waals surface area contributed by atoms with Gasteiger partial charge in [0.05, 0.1) is 0 Å². The molecule has 8 fully saturated rings. The minimum Gasteiger partial charge on any atom is -0.481 e. The number of ether oxygens (including phenoxy) is 8. The first-order valence-corrected chi connectivity index (χ1v) is 26.1. The minimum atomic E-state index is -0.527. The van der Waals surface area contributed by atoms with Crippen molar-refractivity contribution in [3.05, 3.63) is 95.1 Å². The van der Waals surface area contributed by atoms with Gasteiger partial charge in [-0.1, -0.05) is 71.6 Å². The highest BCUT2D eigenvalue weighted by Crippen LogP contribution is 2.84. The number of rotatable bonds is 21. The molecule has 0 N–H and O–H groups in total. The molecule has 4 aromatic rings. The molecule has 8 heteroatoms. The topological polar surface area (TPSA) is 73.8 Å². The second-order valence-electron chi connectivity index (χ2n) is 22.3. The summed E-state index contributed by atoms with van der Waals surface area (Å²) < 4.78 is 50.9. The molecule has 382 valence electrons. The molecule has 12 rings (SSSR count). The number of benzene rings is 4. The molecule has 8 aliphatic rings. The molecule has 0 spiro atoms. The summed E-state index contributed by atoms with van der Waals surface area (Å²) in [6.07, 6.45) is 58.1. The van der Waals surface area contributed by atoms with Crippen LogP contribution in [-0.2, 0) is 21.7 Å². The van der Waals surface area contributed by atoms with Crippen molar-refractivity contribution < 1.29 is 37.9 Å². The molecule has 8 saturated carbocycles. The SMILES string of the molecule is C#CCOc1ccc(C23CC4CC(C2)CC(C25CC6(c7ccc(OCC#C)cc7OCC#C)CC(c7ccc(OCC#C)cc7OCC#C)(CC(c7ccc(OCC#C)cc7OCC#C)(C6)C2)C5)(C4)C3)c(OCC#C)c1. The summed E-state index contributed by atoms with van der Waals surface area (Å²) in [4.78, 5) is 0. The third-order valence-electron chi connectivity index (χ3n) is 17.9. The monoisotopic (exact) mass is 1010 g/mol. The van der Waals surface area contributed by atoms with Crippen molar-refractivity contribution in [3.63, 3.8) is 0 Å². The molecule has 8 nitrogen and oxygen atoms in total. The van der Waals surface area contributed by atoms with Crippen LogP contribution in [0.2, 0.25) is 0 Å². The van der Waals surface area contributed by atoms with E-state index in [4.69, 9.17) is 89.3 Å². The Morgan fingerprint density at radius 1 is 0.316 bits per heavy atom. The molecule has 0 aliphatic heterocycles. The van der Waals surface area contributed by atoms with E-state index in [0.29, 0.717) is 52.1 Å². The first kappa shape index (κ1) is 51.3. The van der Waals surface area contributed by atoms with Crippen molar-refractivity contribution in [2.24, 2.45) is 22.7 Å². The van der Waals surface area contributed by atoms with Gasteiger partial charge in [-0.3, -0.25) is 0 Å². The molecule has 0 amide bonds. The highest BCUT2D eigenvalue weighted by Gasteiger charge is 2.76. The summed E-state index contributed by atoms with van der Waals surface area (Å²) in [5.41, 5.74) is 2.16. The van der Waals surface area contributed by atoms with Crippen molar-refractivity contribution in [2.75, 3.05) is 52.9 Å². The maximum Gasteiger partial charge on any atom is 0.148 e. The van der Waals surface area contributed by atoms with Crippen LogP contribution in [0.4, 0.5) is 0 Å². The molecule has 0 saturated heterocycles. The Kier molecular flexibility index (Phi) is 14.0. The van der Waals surface area contributed by atoms with Gasteiger partial charge in [-0.2, -0.15) is 0 Å². The Labute approximate surface area is 450 Å². The molecule has 8 bridgehead atoms. The third kappa shape index (κ3) is 9.03. The molecule has 0 aromatic heterocycles. The lowest BCUT2D eigenvalue weighted by molar-refractivity contribution is -0.226. The molecular formula is C68H62O8. The van der Waals surface area contributed by atoms with E-state index in [-0.39, 0.29) is 69.1 Å². The van der Waals surface area contributed by atoms with Gasteiger partial charge in [0.25, 0.3) is 0 Å². The lowest BCUT2D eigenvalue weighted by Gasteiger charge is -2.78. The van der Waals surface area contributed by atoms with Crippen LogP contribution in [0.15, 0.2) is 72.8 Å². The highest BCUT2D eigenvalue weighted by atomic mass is 16.5. The van der Waals surface area contributed by atoms with E-state index in [1.165, 1.54) is 12.0 Å². The zero-order valence-corrected chi connectivity index (χ0v) is 43.1. The fourth-order valence-electron chi connectivity index (χ4n) is 16.8. The van der Waals surface area contributed by atoms with Gasteiger partial charge >= 0.3 is 0 Å². The smallest absolute Gasteiger partial charge is 0.148 e. The fraction of sp³-hybridized carbons (Fsp3) is 0.412. The molecule has 8 aliphatic carbocycles. The second kappa shape index (κ2) is 20.8. The summed E-state index contributed by atoms with van der Waals surface area (Å²) in [6, 6.07) is 24.8. The molecule has 76 heavy (non-hydrogen) atoms. The number of terminal acetylenes is 8. The van der Waals surface area contributed by atoms with Gasteiger partial charge in [0, 0.05) is 68.2 Å². The maximum absolute atomic E-state index is 6.69. The lowest BCUT2D eigenvalue weighted by Crippen LogP contribution is -2.72. The summed E-state index contributed by atoms with van der Waals surface area (Å²) in [5, 5.41) is 0. The summed E-state index contributed by atoms with van der Waals surface area (Å²) in [6.45, 7) is 0.732. The van der Waals surface area contributed by atoms with Crippen LogP contribution in [0.25, 0.3) is 0 Å². The number of hydrogen-bond donors (Lipinski definition) is 0. The largest absolute Gasteiger partial charge is 0.481 e. The average Bonchev–Trinajstić information content (AvgIpc) is 3.61. The zero-order valence-electron chi connectivity index (χ0n) is 43.1. The molecule has 2 atom stereocenters. The van der Waals surface area contributed by atoms with Crippen molar-refractivity contribution in [1.82, 2.24) is 0 Å². The van der Waals surface area contributed by atoms with Gasteiger partial charge in [-0.15, -0.1) is 51.4 Å². The van der Waals surface area contributed by atoms with E-state index in [1.54, 1.807) is 0 Å². The summed E-state index contributed by atoms with van der Waals surface area (Å²) in [7, 11) is 0. The Hall–Kier alpha value is -8.24. The summed E-state index contributed by atoms with van der Waals surface area (Å²) >= 11 is 0. The Bertz CT molecular complexity index is 2990. The van der Waals surface area contributed by atoms with Gasteiger partial charge < -0.3 is 37.9 Å². The Morgan fingerprint density at radius 3 is 0.868 bits per heavy atom. The van der Waals surface area contributed by atoms with E-state index in [2.05, 4.69) is 71.6 Å². The van der Waals surface area contributed by atoms with E-state index in [0.717, 1.165) is 93.1 Å².